The summed E-state index contributed by atoms with van der Waals surface area (Å²) in [6, 6.07) is 8.51. The van der Waals surface area contributed by atoms with E-state index in [1.165, 1.54) is 18.4 Å². The molecule has 0 amide bonds. The minimum absolute atomic E-state index is 0.174. The van der Waals surface area contributed by atoms with Crippen LogP contribution in [0.3, 0.4) is 0 Å². The Kier molecular flexibility index (Phi) is 2.23. The summed E-state index contributed by atoms with van der Waals surface area (Å²) in [6.07, 6.45) is 2.48. The minimum atomic E-state index is 0.174. The molecule has 1 aromatic heterocycles. The van der Waals surface area contributed by atoms with Crippen LogP contribution < -0.4 is 11.3 Å². The lowest BCUT2D eigenvalue weighted by Gasteiger charge is -2.10. The number of aryl methyl sites for hydroxylation is 1. The standard InChI is InChI=1S/C13H16N2O/c1-8-2-5-11-10(6-8)7-12(16-11)13(15-14)9-3-4-9/h2,5-7,9,13,15H,3-4,14H2,1H3. The molecule has 84 valence electrons. The van der Waals surface area contributed by atoms with E-state index in [1.54, 1.807) is 0 Å². The summed E-state index contributed by atoms with van der Waals surface area (Å²) in [5.41, 5.74) is 5.06. The van der Waals surface area contributed by atoms with Gasteiger partial charge in [-0.1, -0.05) is 11.6 Å². The lowest BCUT2D eigenvalue weighted by atomic mass is 10.1. The van der Waals surface area contributed by atoms with Crippen molar-refractivity contribution in [2.75, 3.05) is 0 Å². The molecule has 3 nitrogen and oxygen atoms in total. The Morgan fingerprint density at radius 2 is 2.19 bits per heavy atom. The fourth-order valence-electron chi connectivity index (χ4n) is 2.22. The number of rotatable bonds is 3. The molecule has 1 saturated carbocycles. The Morgan fingerprint density at radius 1 is 1.38 bits per heavy atom. The molecule has 3 rings (SSSR count). The number of nitrogens with one attached hydrogen (secondary N) is 1. The maximum atomic E-state index is 5.83. The predicted octanol–water partition coefficient (Wildman–Crippen LogP) is 2.66. The van der Waals surface area contributed by atoms with Crippen molar-refractivity contribution in [1.29, 1.82) is 0 Å². The molecule has 3 N–H and O–H groups in total. The summed E-state index contributed by atoms with van der Waals surface area (Å²) in [7, 11) is 0. The van der Waals surface area contributed by atoms with Gasteiger partial charge in [-0.3, -0.25) is 5.84 Å². The van der Waals surface area contributed by atoms with E-state index in [9.17, 15) is 0 Å². The zero-order valence-corrected chi connectivity index (χ0v) is 9.36. The summed E-state index contributed by atoms with van der Waals surface area (Å²) in [6.45, 7) is 2.09. The van der Waals surface area contributed by atoms with Crippen molar-refractivity contribution in [2.24, 2.45) is 11.8 Å². The van der Waals surface area contributed by atoms with Gasteiger partial charge in [-0.25, -0.2) is 5.43 Å². The molecule has 0 aliphatic heterocycles. The second-order valence-electron chi connectivity index (χ2n) is 4.67. The van der Waals surface area contributed by atoms with Gasteiger partial charge < -0.3 is 4.42 Å². The number of hydrogen-bond donors (Lipinski definition) is 2. The maximum Gasteiger partial charge on any atom is 0.134 e. The van der Waals surface area contributed by atoms with E-state index in [2.05, 4.69) is 30.5 Å². The van der Waals surface area contributed by atoms with Crippen molar-refractivity contribution in [3.05, 3.63) is 35.6 Å². The lowest BCUT2D eigenvalue weighted by molar-refractivity contribution is 0.403. The van der Waals surface area contributed by atoms with Crippen LogP contribution in [-0.2, 0) is 0 Å². The second-order valence-corrected chi connectivity index (χ2v) is 4.67. The monoisotopic (exact) mass is 216 g/mol. The molecule has 1 aromatic carbocycles. The molecule has 0 saturated heterocycles. The Morgan fingerprint density at radius 3 is 2.88 bits per heavy atom. The van der Waals surface area contributed by atoms with Crippen LogP contribution in [0, 0.1) is 12.8 Å². The second kappa shape index (κ2) is 3.61. The fourth-order valence-corrected chi connectivity index (χ4v) is 2.22. The molecule has 0 spiro atoms. The van der Waals surface area contributed by atoms with E-state index < -0.39 is 0 Å². The van der Waals surface area contributed by atoms with Crippen molar-refractivity contribution >= 4 is 11.0 Å². The number of fused-ring (bicyclic) bond motifs is 1. The molecule has 2 aromatic rings. The first-order chi connectivity index (χ1) is 7.78. The Labute approximate surface area is 94.6 Å². The van der Waals surface area contributed by atoms with Crippen molar-refractivity contribution < 1.29 is 4.42 Å². The Bertz CT molecular complexity index is 514. The van der Waals surface area contributed by atoms with Crippen LogP contribution in [0.4, 0.5) is 0 Å². The smallest absolute Gasteiger partial charge is 0.134 e. The van der Waals surface area contributed by atoms with Crippen molar-refractivity contribution in [2.45, 2.75) is 25.8 Å². The van der Waals surface area contributed by atoms with Crippen molar-refractivity contribution in [1.82, 2.24) is 5.43 Å². The third-order valence-corrected chi connectivity index (χ3v) is 3.27. The SMILES string of the molecule is Cc1ccc2oc(C(NN)C3CC3)cc2c1. The first kappa shape index (κ1) is 9.87. The summed E-state index contributed by atoms with van der Waals surface area (Å²) in [4.78, 5) is 0. The van der Waals surface area contributed by atoms with Gasteiger partial charge in [-0.05, 0) is 43.9 Å². The fraction of sp³-hybridized carbons (Fsp3) is 0.385. The van der Waals surface area contributed by atoms with Gasteiger partial charge in [0, 0.05) is 5.39 Å². The molecule has 3 heteroatoms. The number of hydrazine groups is 1. The molecule has 1 aliphatic carbocycles. The highest BCUT2D eigenvalue weighted by atomic mass is 16.3. The molecular formula is C13H16N2O. The minimum Gasteiger partial charge on any atom is -0.459 e. The molecule has 1 heterocycles. The number of nitrogens with two attached hydrogens (primary N) is 1. The molecule has 1 unspecified atom stereocenters. The maximum absolute atomic E-state index is 5.83. The van der Waals surface area contributed by atoms with Crippen molar-refractivity contribution in [3.63, 3.8) is 0 Å². The van der Waals surface area contributed by atoms with Gasteiger partial charge in [0.25, 0.3) is 0 Å². The zero-order valence-electron chi connectivity index (χ0n) is 9.36. The van der Waals surface area contributed by atoms with Crippen molar-refractivity contribution in [3.8, 4) is 0 Å². The molecule has 1 aliphatic rings. The zero-order chi connectivity index (χ0) is 11.1. The van der Waals surface area contributed by atoms with E-state index in [-0.39, 0.29) is 6.04 Å². The van der Waals surface area contributed by atoms with Gasteiger partial charge in [0.1, 0.15) is 11.3 Å². The van der Waals surface area contributed by atoms with Crippen LogP contribution in [0.25, 0.3) is 11.0 Å². The Hall–Kier alpha value is -1.32. The highest BCUT2D eigenvalue weighted by Crippen LogP contribution is 2.41. The number of furan rings is 1. The van der Waals surface area contributed by atoms with Gasteiger partial charge in [0.2, 0.25) is 0 Å². The normalized spacial score (nSPS) is 17.9. The van der Waals surface area contributed by atoms with Gasteiger partial charge in [-0.15, -0.1) is 0 Å². The van der Waals surface area contributed by atoms with E-state index in [4.69, 9.17) is 10.3 Å². The van der Waals surface area contributed by atoms with Gasteiger partial charge in [0.05, 0.1) is 6.04 Å². The van der Waals surface area contributed by atoms with Crippen LogP contribution >= 0.6 is 0 Å². The third kappa shape index (κ3) is 1.62. The third-order valence-electron chi connectivity index (χ3n) is 3.27. The van der Waals surface area contributed by atoms with E-state index in [0.29, 0.717) is 5.92 Å². The lowest BCUT2D eigenvalue weighted by Crippen LogP contribution is -2.29. The van der Waals surface area contributed by atoms with Crippen LogP contribution in [0.15, 0.2) is 28.7 Å². The van der Waals surface area contributed by atoms with Crippen LogP contribution in [-0.4, -0.2) is 0 Å². The van der Waals surface area contributed by atoms with Crippen LogP contribution in [0.5, 0.6) is 0 Å². The summed E-state index contributed by atoms with van der Waals surface area (Å²) >= 11 is 0. The molecule has 0 radical (unpaired) electrons. The first-order valence-electron chi connectivity index (χ1n) is 5.74. The largest absolute Gasteiger partial charge is 0.459 e. The molecule has 1 atom stereocenters. The van der Waals surface area contributed by atoms with Gasteiger partial charge >= 0.3 is 0 Å². The summed E-state index contributed by atoms with van der Waals surface area (Å²) < 4.78 is 5.83. The molecular weight excluding hydrogens is 200 g/mol. The van der Waals surface area contributed by atoms with Gasteiger partial charge in [-0.2, -0.15) is 0 Å². The number of benzene rings is 1. The van der Waals surface area contributed by atoms with E-state index in [0.717, 1.165) is 16.7 Å². The first-order valence-corrected chi connectivity index (χ1v) is 5.74. The summed E-state index contributed by atoms with van der Waals surface area (Å²) in [5.74, 6) is 7.20. The van der Waals surface area contributed by atoms with E-state index >= 15 is 0 Å². The van der Waals surface area contributed by atoms with Crippen LogP contribution in [0.1, 0.15) is 30.2 Å². The quantitative estimate of drug-likeness (QED) is 0.612. The summed E-state index contributed by atoms with van der Waals surface area (Å²) in [5, 5.41) is 1.16. The number of hydrogen-bond acceptors (Lipinski definition) is 3. The average molecular weight is 216 g/mol. The Balaban J connectivity index is 2.03. The highest BCUT2D eigenvalue weighted by Gasteiger charge is 2.33. The molecule has 0 bridgehead atoms. The van der Waals surface area contributed by atoms with E-state index in [1.807, 2.05) is 6.07 Å². The van der Waals surface area contributed by atoms with Crippen LogP contribution in [0.2, 0.25) is 0 Å². The van der Waals surface area contributed by atoms with Gasteiger partial charge in [0.15, 0.2) is 0 Å². The average Bonchev–Trinajstić information content (AvgIpc) is 2.99. The predicted molar refractivity (Wildman–Crippen MR) is 63.7 cm³/mol. The highest BCUT2D eigenvalue weighted by molar-refractivity contribution is 5.78. The molecule has 16 heavy (non-hydrogen) atoms. The molecule has 1 fully saturated rings. The topological polar surface area (TPSA) is 51.2 Å².